The molecule has 2 aromatic carbocycles. The third-order valence-corrected chi connectivity index (χ3v) is 5.60. The molecule has 140 valence electrons. The molecule has 1 aromatic heterocycles. The molecule has 0 radical (unpaired) electrons. The molecular weight excluding hydrogens is 336 g/mol. The standard InChI is InChI=1S/C22H26N4O/c1-3-15-6-4-5-7-18(15)17-8-9-20-19(14-17)21(25-24-20)23-22(27)16-10-12-26(2)13-11-16/h4-9,14,16H,3,10-13H2,1-2H3,(H2,23,24,25,27). The SMILES string of the molecule is CCc1ccccc1-c1ccc2[nH]nc(NC(=O)C3CCN(C)CC3)c2c1. The van der Waals surface area contributed by atoms with Gasteiger partial charge in [0.1, 0.15) is 0 Å². The molecule has 1 saturated heterocycles. The van der Waals surface area contributed by atoms with E-state index in [4.69, 9.17) is 0 Å². The first-order chi connectivity index (χ1) is 13.2. The molecule has 4 rings (SSSR count). The van der Waals surface area contributed by atoms with Crippen LogP contribution in [0.5, 0.6) is 0 Å². The number of carbonyl (C=O) groups excluding carboxylic acids is 1. The number of hydrogen-bond acceptors (Lipinski definition) is 3. The molecule has 0 bridgehead atoms. The van der Waals surface area contributed by atoms with Crippen LogP contribution in [0.1, 0.15) is 25.3 Å². The summed E-state index contributed by atoms with van der Waals surface area (Å²) in [6, 6.07) is 14.7. The second-order valence-electron chi connectivity index (χ2n) is 7.41. The van der Waals surface area contributed by atoms with Crippen molar-refractivity contribution in [2.75, 3.05) is 25.5 Å². The van der Waals surface area contributed by atoms with Gasteiger partial charge in [0.05, 0.1) is 5.52 Å². The van der Waals surface area contributed by atoms with Crippen LogP contribution in [0.25, 0.3) is 22.0 Å². The van der Waals surface area contributed by atoms with Crippen LogP contribution in [0.3, 0.4) is 0 Å². The minimum absolute atomic E-state index is 0.0666. The van der Waals surface area contributed by atoms with Crippen LogP contribution >= 0.6 is 0 Å². The van der Waals surface area contributed by atoms with Crippen molar-refractivity contribution >= 4 is 22.6 Å². The Balaban J connectivity index is 1.62. The van der Waals surface area contributed by atoms with Crippen molar-refractivity contribution in [2.45, 2.75) is 26.2 Å². The number of benzene rings is 2. The number of amides is 1. The van der Waals surface area contributed by atoms with Gasteiger partial charge < -0.3 is 10.2 Å². The van der Waals surface area contributed by atoms with E-state index in [1.807, 2.05) is 6.07 Å². The van der Waals surface area contributed by atoms with Gasteiger partial charge >= 0.3 is 0 Å². The summed E-state index contributed by atoms with van der Waals surface area (Å²) in [5.41, 5.74) is 4.63. The topological polar surface area (TPSA) is 61.0 Å². The average molecular weight is 362 g/mol. The van der Waals surface area contributed by atoms with Crippen LogP contribution in [0.4, 0.5) is 5.82 Å². The highest BCUT2D eigenvalue weighted by Crippen LogP contribution is 2.30. The first-order valence-electron chi connectivity index (χ1n) is 9.71. The molecule has 0 unspecified atom stereocenters. The van der Waals surface area contributed by atoms with Gasteiger partial charge in [-0.1, -0.05) is 37.3 Å². The van der Waals surface area contributed by atoms with E-state index in [0.717, 1.165) is 48.8 Å². The van der Waals surface area contributed by atoms with Gasteiger partial charge in [-0.2, -0.15) is 5.10 Å². The molecule has 5 nitrogen and oxygen atoms in total. The Kier molecular flexibility index (Phi) is 4.94. The number of likely N-dealkylation sites (tertiary alicyclic amines) is 1. The maximum absolute atomic E-state index is 12.7. The third kappa shape index (κ3) is 3.60. The van der Waals surface area contributed by atoms with Crippen LogP contribution in [0, 0.1) is 5.92 Å². The second kappa shape index (κ2) is 7.53. The van der Waals surface area contributed by atoms with Crippen molar-refractivity contribution in [1.29, 1.82) is 0 Å². The van der Waals surface area contributed by atoms with Crippen molar-refractivity contribution in [2.24, 2.45) is 5.92 Å². The van der Waals surface area contributed by atoms with E-state index >= 15 is 0 Å². The Labute approximate surface area is 159 Å². The van der Waals surface area contributed by atoms with Crippen molar-refractivity contribution in [3.63, 3.8) is 0 Å². The molecule has 3 aromatic rings. The number of piperidine rings is 1. The fraction of sp³-hybridized carbons (Fsp3) is 0.364. The van der Waals surface area contributed by atoms with Crippen molar-refractivity contribution < 1.29 is 4.79 Å². The number of fused-ring (bicyclic) bond motifs is 1. The van der Waals surface area contributed by atoms with Crippen molar-refractivity contribution in [3.8, 4) is 11.1 Å². The van der Waals surface area contributed by atoms with Crippen LogP contribution in [-0.4, -0.2) is 41.1 Å². The number of nitrogens with zero attached hydrogens (tertiary/aromatic N) is 2. The molecule has 2 heterocycles. The smallest absolute Gasteiger partial charge is 0.228 e. The van der Waals surface area contributed by atoms with Gasteiger partial charge in [0.15, 0.2) is 5.82 Å². The molecule has 2 N–H and O–H groups in total. The average Bonchev–Trinajstić information content (AvgIpc) is 3.10. The van der Waals surface area contributed by atoms with E-state index in [-0.39, 0.29) is 11.8 Å². The molecule has 0 aliphatic carbocycles. The Morgan fingerprint density at radius 1 is 1.22 bits per heavy atom. The van der Waals surface area contributed by atoms with E-state index in [2.05, 4.69) is 70.8 Å². The Morgan fingerprint density at radius 2 is 2.00 bits per heavy atom. The predicted molar refractivity (Wildman–Crippen MR) is 110 cm³/mol. The molecular formula is C22H26N4O. The number of hydrogen-bond donors (Lipinski definition) is 2. The van der Waals surface area contributed by atoms with Crippen LogP contribution < -0.4 is 5.32 Å². The molecule has 1 aliphatic heterocycles. The van der Waals surface area contributed by atoms with E-state index < -0.39 is 0 Å². The summed E-state index contributed by atoms with van der Waals surface area (Å²) in [7, 11) is 2.10. The van der Waals surface area contributed by atoms with Gasteiger partial charge in [-0.15, -0.1) is 0 Å². The van der Waals surface area contributed by atoms with Crippen LogP contribution in [0.15, 0.2) is 42.5 Å². The minimum Gasteiger partial charge on any atom is -0.308 e. The molecule has 1 fully saturated rings. The van der Waals surface area contributed by atoms with Crippen molar-refractivity contribution in [3.05, 3.63) is 48.0 Å². The molecule has 0 saturated carbocycles. The maximum Gasteiger partial charge on any atom is 0.228 e. The van der Waals surface area contributed by atoms with Crippen LogP contribution in [0.2, 0.25) is 0 Å². The second-order valence-corrected chi connectivity index (χ2v) is 7.41. The molecule has 1 amide bonds. The number of H-pyrrole nitrogens is 1. The number of carbonyl (C=O) groups is 1. The summed E-state index contributed by atoms with van der Waals surface area (Å²) < 4.78 is 0. The monoisotopic (exact) mass is 362 g/mol. The van der Waals surface area contributed by atoms with Gasteiger partial charge in [0.25, 0.3) is 0 Å². The summed E-state index contributed by atoms with van der Waals surface area (Å²) in [4.78, 5) is 15.0. The highest BCUT2D eigenvalue weighted by atomic mass is 16.2. The third-order valence-electron chi connectivity index (χ3n) is 5.60. The Hall–Kier alpha value is -2.66. The van der Waals surface area contributed by atoms with Gasteiger partial charge in [0, 0.05) is 11.3 Å². The number of aromatic amines is 1. The zero-order valence-electron chi connectivity index (χ0n) is 16.0. The lowest BCUT2D eigenvalue weighted by atomic mass is 9.96. The number of aromatic nitrogens is 2. The molecule has 0 spiro atoms. The van der Waals surface area contributed by atoms with E-state index in [9.17, 15) is 4.79 Å². The zero-order valence-corrected chi connectivity index (χ0v) is 16.0. The fourth-order valence-corrected chi connectivity index (χ4v) is 3.88. The highest BCUT2D eigenvalue weighted by molar-refractivity contribution is 6.01. The quantitative estimate of drug-likeness (QED) is 0.735. The maximum atomic E-state index is 12.7. The van der Waals surface area contributed by atoms with E-state index in [1.54, 1.807) is 0 Å². The van der Waals surface area contributed by atoms with E-state index in [1.165, 1.54) is 11.1 Å². The normalized spacial score (nSPS) is 15.9. The van der Waals surface area contributed by atoms with Gasteiger partial charge in [0.2, 0.25) is 5.91 Å². The number of rotatable bonds is 4. The fourth-order valence-electron chi connectivity index (χ4n) is 3.88. The lowest BCUT2D eigenvalue weighted by Crippen LogP contribution is -2.36. The molecule has 0 atom stereocenters. The van der Waals surface area contributed by atoms with E-state index in [0.29, 0.717) is 5.82 Å². The largest absolute Gasteiger partial charge is 0.308 e. The first kappa shape index (κ1) is 17.7. The molecule has 27 heavy (non-hydrogen) atoms. The number of aryl methyl sites for hydroxylation is 1. The molecule has 1 aliphatic rings. The summed E-state index contributed by atoms with van der Waals surface area (Å²) in [6.45, 7) is 4.11. The lowest BCUT2D eigenvalue weighted by Gasteiger charge is -2.27. The predicted octanol–water partition coefficient (Wildman–Crippen LogP) is 4.07. The first-order valence-corrected chi connectivity index (χ1v) is 9.71. The van der Waals surface area contributed by atoms with Crippen LogP contribution in [-0.2, 0) is 11.2 Å². The van der Waals surface area contributed by atoms with Gasteiger partial charge in [-0.25, -0.2) is 0 Å². The number of nitrogens with one attached hydrogen (secondary N) is 2. The van der Waals surface area contributed by atoms with Gasteiger partial charge in [-0.05, 0) is 68.2 Å². The minimum atomic E-state index is 0.0666. The lowest BCUT2D eigenvalue weighted by molar-refractivity contribution is -0.121. The number of anilines is 1. The Bertz CT molecular complexity index is 954. The summed E-state index contributed by atoms with van der Waals surface area (Å²) >= 11 is 0. The van der Waals surface area contributed by atoms with Crippen molar-refractivity contribution in [1.82, 2.24) is 15.1 Å². The molecule has 5 heteroatoms. The highest BCUT2D eigenvalue weighted by Gasteiger charge is 2.24. The summed E-state index contributed by atoms with van der Waals surface area (Å²) in [5.74, 6) is 0.776. The zero-order chi connectivity index (χ0) is 18.8. The Morgan fingerprint density at radius 3 is 2.78 bits per heavy atom. The summed E-state index contributed by atoms with van der Waals surface area (Å²) in [5, 5.41) is 11.4. The van der Waals surface area contributed by atoms with Gasteiger partial charge in [-0.3, -0.25) is 9.89 Å². The summed E-state index contributed by atoms with van der Waals surface area (Å²) in [6.07, 6.45) is 2.79.